The second kappa shape index (κ2) is 11.7. The number of amides is 2. The van der Waals surface area contributed by atoms with Crippen LogP contribution in [0.15, 0.2) is 54.6 Å². The highest BCUT2D eigenvalue weighted by atomic mass is 16.2. The minimum Gasteiger partial charge on any atom is -0.355 e. The van der Waals surface area contributed by atoms with Crippen LogP contribution in [0.2, 0.25) is 0 Å². The monoisotopic (exact) mass is 422 g/mol. The Bertz CT molecular complexity index is 823. The van der Waals surface area contributed by atoms with Crippen LogP contribution in [0.25, 0.3) is 0 Å². The highest BCUT2D eigenvalue weighted by Crippen LogP contribution is 2.22. The number of rotatable bonds is 10. The zero-order valence-corrected chi connectivity index (χ0v) is 19.8. The van der Waals surface area contributed by atoms with Crippen LogP contribution in [-0.2, 0) is 27.8 Å². The van der Waals surface area contributed by atoms with E-state index in [0.717, 1.165) is 12.0 Å². The maximum absolute atomic E-state index is 13.2. The van der Waals surface area contributed by atoms with Gasteiger partial charge in [-0.1, -0.05) is 82.3 Å². The molecule has 2 rings (SSSR count). The SMILES string of the molecule is CCNC(=O)[C@@H](CC)N(CCc1ccccc1)C(=O)CCc1ccc(C(C)(C)C)cc1. The molecule has 0 bridgehead atoms. The smallest absolute Gasteiger partial charge is 0.242 e. The summed E-state index contributed by atoms with van der Waals surface area (Å²) in [6.45, 7) is 11.6. The van der Waals surface area contributed by atoms with Gasteiger partial charge >= 0.3 is 0 Å². The Hall–Kier alpha value is -2.62. The second-order valence-corrected chi connectivity index (χ2v) is 9.09. The molecule has 1 atom stereocenters. The van der Waals surface area contributed by atoms with E-state index in [1.807, 2.05) is 32.0 Å². The largest absolute Gasteiger partial charge is 0.355 e. The average Bonchev–Trinajstić information content (AvgIpc) is 2.75. The predicted molar refractivity (Wildman–Crippen MR) is 128 cm³/mol. The molecule has 0 aliphatic carbocycles. The van der Waals surface area contributed by atoms with Crippen molar-refractivity contribution in [1.82, 2.24) is 10.2 Å². The van der Waals surface area contributed by atoms with E-state index in [1.54, 1.807) is 4.90 Å². The summed E-state index contributed by atoms with van der Waals surface area (Å²) in [6.07, 6.45) is 2.42. The molecule has 2 aromatic carbocycles. The van der Waals surface area contributed by atoms with Crippen molar-refractivity contribution in [3.05, 3.63) is 71.3 Å². The Morgan fingerprint density at radius 1 is 0.903 bits per heavy atom. The fraction of sp³-hybridized carbons (Fsp3) is 0.481. The predicted octanol–water partition coefficient (Wildman–Crippen LogP) is 4.90. The number of benzene rings is 2. The molecule has 2 aromatic rings. The quantitative estimate of drug-likeness (QED) is 0.592. The number of likely N-dealkylation sites (N-methyl/N-ethyl adjacent to an activating group) is 1. The molecule has 4 heteroatoms. The molecule has 4 nitrogen and oxygen atoms in total. The molecule has 0 aliphatic heterocycles. The lowest BCUT2D eigenvalue weighted by Gasteiger charge is -2.30. The number of carbonyl (C=O) groups is 2. The molecule has 0 saturated heterocycles. The molecular formula is C27H38N2O2. The molecule has 0 unspecified atom stereocenters. The van der Waals surface area contributed by atoms with Crippen molar-refractivity contribution in [2.45, 2.75) is 71.8 Å². The summed E-state index contributed by atoms with van der Waals surface area (Å²) in [5, 5.41) is 2.89. The van der Waals surface area contributed by atoms with E-state index in [4.69, 9.17) is 0 Å². The topological polar surface area (TPSA) is 49.4 Å². The Morgan fingerprint density at radius 3 is 2.06 bits per heavy atom. The van der Waals surface area contributed by atoms with Crippen molar-refractivity contribution in [1.29, 1.82) is 0 Å². The van der Waals surface area contributed by atoms with Gasteiger partial charge in [-0.2, -0.15) is 0 Å². The zero-order chi connectivity index (χ0) is 22.9. The van der Waals surface area contributed by atoms with E-state index in [2.05, 4.69) is 62.5 Å². The highest BCUT2D eigenvalue weighted by molar-refractivity contribution is 5.87. The maximum atomic E-state index is 13.2. The van der Waals surface area contributed by atoms with Gasteiger partial charge in [0.15, 0.2) is 0 Å². The fourth-order valence-corrected chi connectivity index (χ4v) is 3.75. The Balaban J connectivity index is 2.09. The fourth-order valence-electron chi connectivity index (χ4n) is 3.75. The van der Waals surface area contributed by atoms with E-state index in [-0.39, 0.29) is 17.2 Å². The summed E-state index contributed by atoms with van der Waals surface area (Å²) in [4.78, 5) is 27.6. The average molecular weight is 423 g/mol. The van der Waals surface area contributed by atoms with Crippen LogP contribution < -0.4 is 5.32 Å². The maximum Gasteiger partial charge on any atom is 0.242 e. The second-order valence-electron chi connectivity index (χ2n) is 9.09. The van der Waals surface area contributed by atoms with Gasteiger partial charge in [-0.3, -0.25) is 9.59 Å². The lowest BCUT2D eigenvalue weighted by atomic mass is 9.86. The van der Waals surface area contributed by atoms with Crippen molar-refractivity contribution >= 4 is 11.8 Å². The van der Waals surface area contributed by atoms with E-state index in [9.17, 15) is 9.59 Å². The number of hydrogen-bond donors (Lipinski definition) is 1. The van der Waals surface area contributed by atoms with Crippen LogP contribution in [-0.4, -0.2) is 35.8 Å². The van der Waals surface area contributed by atoms with E-state index in [0.29, 0.717) is 32.4 Å². The van der Waals surface area contributed by atoms with E-state index in [1.165, 1.54) is 11.1 Å². The van der Waals surface area contributed by atoms with Gasteiger partial charge in [0.1, 0.15) is 6.04 Å². The van der Waals surface area contributed by atoms with Gasteiger partial charge in [0.2, 0.25) is 11.8 Å². The van der Waals surface area contributed by atoms with Crippen LogP contribution >= 0.6 is 0 Å². The van der Waals surface area contributed by atoms with Crippen molar-refractivity contribution in [2.75, 3.05) is 13.1 Å². The number of carbonyl (C=O) groups excluding carboxylic acids is 2. The standard InChI is InChI=1S/C27H38N2O2/c1-6-24(26(31)28-7-2)29(20-19-21-11-9-8-10-12-21)25(30)18-15-22-13-16-23(17-14-22)27(3,4)5/h8-14,16-17,24H,6-7,15,18-20H2,1-5H3,(H,28,31)/t24-/m1/s1. The molecule has 0 saturated carbocycles. The van der Waals surface area contributed by atoms with Crippen LogP contribution in [0.5, 0.6) is 0 Å². The Labute approximate surface area is 188 Å². The number of nitrogens with zero attached hydrogens (tertiary/aromatic N) is 1. The van der Waals surface area contributed by atoms with Gasteiger partial charge in [-0.05, 0) is 48.3 Å². The molecule has 2 amide bonds. The van der Waals surface area contributed by atoms with Gasteiger partial charge in [0, 0.05) is 19.5 Å². The van der Waals surface area contributed by atoms with Gasteiger partial charge in [-0.15, -0.1) is 0 Å². The Kier molecular flexibility index (Phi) is 9.29. The van der Waals surface area contributed by atoms with Crippen molar-refractivity contribution in [3.63, 3.8) is 0 Å². The molecule has 0 aromatic heterocycles. The number of aryl methyl sites for hydroxylation is 1. The third-order valence-corrected chi connectivity index (χ3v) is 5.67. The normalized spacial score (nSPS) is 12.3. The molecule has 168 valence electrons. The first kappa shape index (κ1) is 24.6. The number of nitrogens with one attached hydrogen (secondary N) is 1. The summed E-state index contributed by atoms with van der Waals surface area (Å²) in [6, 6.07) is 18.2. The van der Waals surface area contributed by atoms with Gasteiger partial charge in [-0.25, -0.2) is 0 Å². The minimum absolute atomic E-state index is 0.0360. The molecule has 31 heavy (non-hydrogen) atoms. The third kappa shape index (κ3) is 7.54. The molecule has 1 N–H and O–H groups in total. The summed E-state index contributed by atoms with van der Waals surface area (Å²) >= 11 is 0. The third-order valence-electron chi connectivity index (χ3n) is 5.67. The van der Waals surface area contributed by atoms with Gasteiger partial charge < -0.3 is 10.2 Å². The molecule has 0 aliphatic rings. The van der Waals surface area contributed by atoms with Crippen molar-refractivity contribution < 1.29 is 9.59 Å². The molecule has 0 radical (unpaired) electrons. The molecule has 0 spiro atoms. The lowest BCUT2D eigenvalue weighted by Crippen LogP contribution is -2.50. The first-order chi connectivity index (χ1) is 14.8. The summed E-state index contributed by atoms with van der Waals surface area (Å²) in [5.41, 5.74) is 3.72. The van der Waals surface area contributed by atoms with Crippen LogP contribution in [0.3, 0.4) is 0 Å². The Morgan fingerprint density at radius 2 is 1.52 bits per heavy atom. The summed E-state index contributed by atoms with van der Waals surface area (Å²) in [7, 11) is 0. The van der Waals surface area contributed by atoms with E-state index < -0.39 is 6.04 Å². The first-order valence-electron chi connectivity index (χ1n) is 11.5. The number of hydrogen-bond acceptors (Lipinski definition) is 2. The minimum atomic E-state index is -0.431. The summed E-state index contributed by atoms with van der Waals surface area (Å²) < 4.78 is 0. The van der Waals surface area contributed by atoms with Crippen LogP contribution in [0.4, 0.5) is 0 Å². The van der Waals surface area contributed by atoms with Gasteiger partial charge in [0.25, 0.3) is 0 Å². The molecule has 0 fully saturated rings. The molecule has 0 heterocycles. The van der Waals surface area contributed by atoms with Crippen molar-refractivity contribution in [2.24, 2.45) is 0 Å². The van der Waals surface area contributed by atoms with E-state index >= 15 is 0 Å². The molecular weight excluding hydrogens is 384 g/mol. The highest BCUT2D eigenvalue weighted by Gasteiger charge is 2.27. The zero-order valence-electron chi connectivity index (χ0n) is 19.8. The van der Waals surface area contributed by atoms with Crippen LogP contribution in [0.1, 0.15) is 64.2 Å². The van der Waals surface area contributed by atoms with Crippen molar-refractivity contribution in [3.8, 4) is 0 Å². The summed E-state index contributed by atoms with van der Waals surface area (Å²) in [5.74, 6) is -0.0325. The van der Waals surface area contributed by atoms with Gasteiger partial charge in [0.05, 0.1) is 0 Å². The lowest BCUT2D eigenvalue weighted by molar-refractivity contribution is -0.140. The first-order valence-corrected chi connectivity index (χ1v) is 11.5. The van der Waals surface area contributed by atoms with Crippen LogP contribution in [0, 0.1) is 0 Å².